The van der Waals surface area contributed by atoms with Gasteiger partial charge in [0.2, 0.25) is 0 Å². The zero-order valence-electron chi connectivity index (χ0n) is 11.9. The second-order valence-corrected chi connectivity index (χ2v) is 7.83. The summed E-state index contributed by atoms with van der Waals surface area (Å²) in [4.78, 5) is 2.08. The van der Waals surface area contributed by atoms with E-state index in [-0.39, 0.29) is 17.5 Å². The maximum absolute atomic E-state index is 11.4. The maximum atomic E-state index is 11.4. The normalized spacial score (nSPS) is 19.9. The van der Waals surface area contributed by atoms with Crippen molar-refractivity contribution < 1.29 is 8.42 Å². The van der Waals surface area contributed by atoms with Crippen LogP contribution in [0.25, 0.3) is 0 Å². The first-order chi connectivity index (χ1) is 9.43. The van der Waals surface area contributed by atoms with Crippen molar-refractivity contribution in [3.63, 3.8) is 0 Å². The van der Waals surface area contributed by atoms with Crippen LogP contribution >= 0.6 is 11.6 Å². The molecule has 1 atom stereocenters. The van der Waals surface area contributed by atoms with Crippen LogP contribution in [0.5, 0.6) is 0 Å². The molecule has 0 radical (unpaired) electrons. The zero-order chi connectivity index (χ0) is 14.8. The van der Waals surface area contributed by atoms with Crippen molar-refractivity contribution in [1.29, 1.82) is 0 Å². The van der Waals surface area contributed by atoms with Crippen LogP contribution in [0.1, 0.15) is 25.5 Å². The van der Waals surface area contributed by atoms with Gasteiger partial charge in [0.15, 0.2) is 9.84 Å². The highest BCUT2D eigenvalue weighted by Crippen LogP contribution is 2.28. The summed E-state index contributed by atoms with van der Waals surface area (Å²) in [6.07, 6.45) is 0. The van der Waals surface area contributed by atoms with Gasteiger partial charge in [0, 0.05) is 29.8 Å². The first-order valence-electron chi connectivity index (χ1n) is 6.91. The first-order valence-corrected chi connectivity index (χ1v) is 9.11. The lowest BCUT2D eigenvalue weighted by Gasteiger charge is -2.29. The quantitative estimate of drug-likeness (QED) is 0.925. The van der Waals surface area contributed by atoms with E-state index in [0.29, 0.717) is 13.1 Å². The number of hydrogen-bond donors (Lipinski definition) is 1. The summed E-state index contributed by atoms with van der Waals surface area (Å²) >= 11 is 6.35. The molecule has 1 N–H and O–H groups in total. The van der Waals surface area contributed by atoms with Crippen molar-refractivity contribution >= 4 is 27.1 Å². The van der Waals surface area contributed by atoms with Gasteiger partial charge in [-0.15, -0.1) is 0 Å². The molecule has 1 aliphatic heterocycles. The van der Waals surface area contributed by atoms with Crippen LogP contribution in [-0.4, -0.2) is 39.6 Å². The summed E-state index contributed by atoms with van der Waals surface area (Å²) in [6, 6.07) is 6.19. The van der Waals surface area contributed by atoms with E-state index in [4.69, 9.17) is 11.6 Å². The van der Waals surface area contributed by atoms with Gasteiger partial charge in [0.25, 0.3) is 0 Å². The molecule has 1 fully saturated rings. The van der Waals surface area contributed by atoms with Crippen molar-refractivity contribution in [2.45, 2.75) is 19.9 Å². The van der Waals surface area contributed by atoms with Crippen LogP contribution in [0.15, 0.2) is 18.2 Å². The molecule has 0 aliphatic carbocycles. The Hall–Kier alpha value is -0.780. The fourth-order valence-electron chi connectivity index (χ4n) is 2.45. The van der Waals surface area contributed by atoms with Gasteiger partial charge in [-0.3, -0.25) is 0 Å². The minimum Gasteiger partial charge on any atom is -0.369 e. The van der Waals surface area contributed by atoms with E-state index in [1.54, 1.807) is 0 Å². The zero-order valence-corrected chi connectivity index (χ0v) is 13.5. The highest BCUT2D eigenvalue weighted by Gasteiger charge is 2.22. The van der Waals surface area contributed by atoms with Crippen LogP contribution in [0.3, 0.4) is 0 Å². The Bertz CT molecular complexity index is 561. The Labute approximate surface area is 126 Å². The first kappa shape index (κ1) is 15.6. The van der Waals surface area contributed by atoms with E-state index >= 15 is 0 Å². The predicted octanol–water partition coefficient (Wildman–Crippen LogP) is 2.25. The molecule has 0 amide bonds. The van der Waals surface area contributed by atoms with Gasteiger partial charge in [-0.1, -0.05) is 24.6 Å². The summed E-state index contributed by atoms with van der Waals surface area (Å²) in [6.45, 7) is 6.12. The Kier molecular flexibility index (Phi) is 4.94. The highest BCUT2D eigenvalue weighted by molar-refractivity contribution is 7.91. The van der Waals surface area contributed by atoms with Crippen molar-refractivity contribution in [2.24, 2.45) is 0 Å². The van der Waals surface area contributed by atoms with E-state index in [1.807, 2.05) is 18.2 Å². The fraction of sp³-hybridized carbons (Fsp3) is 0.571. The number of halogens is 1. The molecule has 112 valence electrons. The van der Waals surface area contributed by atoms with Gasteiger partial charge in [0.05, 0.1) is 11.5 Å². The SMILES string of the molecule is CCNC(C)c1ccc(N2CCS(=O)(=O)CC2)cc1Cl. The number of nitrogens with zero attached hydrogens (tertiary/aromatic N) is 1. The number of sulfone groups is 1. The molecule has 1 unspecified atom stereocenters. The molecule has 0 saturated carbocycles. The molecule has 0 aromatic heterocycles. The van der Waals surface area contributed by atoms with Gasteiger partial charge in [0.1, 0.15) is 0 Å². The average molecular weight is 317 g/mol. The Morgan fingerprint density at radius 2 is 2.00 bits per heavy atom. The van der Waals surface area contributed by atoms with E-state index in [9.17, 15) is 8.42 Å². The molecule has 0 spiro atoms. The van der Waals surface area contributed by atoms with E-state index < -0.39 is 9.84 Å². The van der Waals surface area contributed by atoms with Crippen LogP contribution < -0.4 is 10.2 Å². The monoisotopic (exact) mass is 316 g/mol. The van der Waals surface area contributed by atoms with Crippen LogP contribution in [0.2, 0.25) is 5.02 Å². The van der Waals surface area contributed by atoms with Crippen molar-refractivity contribution in [1.82, 2.24) is 5.32 Å². The van der Waals surface area contributed by atoms with Crippen molar-refractivity contribution in [3.8, 4) is 0 Å². The standard InChI is InChI=1S/C14H21ClN2O2S/c1-3-16-11(2)13-5-4-12(10-14(13)15)17-6-8-20(18,19)9-7-17/h4-5,10-11,16H,3,6-9H2,1-2H3. The van der Waals surface area contributed by atoms with Crippen molar-refractivity contribution in [2.75, 3.05) is 36.0 Å². The molecule has 2 rings (SSSR count). The summed E-state index contributed by atoms with van der Waals surface area (Å²) in [5.41, 5.74) is 2.07. The van der Waals surface area contributed by atoms with Gasteiger partial charge < -0.3 is 10.2 Å². The topological polar surface area (TPSA) is 49.4 Å². The molecular weight excluding hydrogens is 296 g/mol. The molecule has 6 heteroatoms. The summed E-state index contributed by atoms with van der Waals surface area (Å²) in [7, 11) is -2.85. The fourth-order valence-corrected chi connectivity index (χ4v) is 3.99. The molecule has 1 saturated heterocycles. The Morgan fingerprint density at radius 1 is 1.35 bits per heavy atom. The van der Waals surface area contributed by atoms with E-state index in [1.165, 1.54) is 0 Å². The second kappa shape index (κ2) is 6.33. The van der Waals surface area contributed by atoms with Crippen LogP contribution in [-0.2, 0) is 9.84 Å². The average Bonchev–Trinajstić information content (AvgIpc) is 2.38. The molecule has 1 aromatic carbocycles. The molecule has 20 heavy (non-hydrogen) atoms. The predicted molar refractivity (Wildman–Crippen MR) is 84.4 cm³/mol. The third-order valence-electron chi connectivity index (χ3n) is 3.67. The number of nitrogens with one attached hydrogen (secondary N) is 1. The smallest absolute Gasteiger partial charge is 0.153 e. The maximum Gasteiger partial charge on any atom is 0.153 e. The highest BCUT2D eigenvalue weighted by atomic mass is 35.5. The number of benzene rings is 1. The lowest BCUT2D eigenvalue weighted by molar-refractivity contribution is 0.586. The van der Waals surface area contributed by atoms with Gasteiger partial charge >= 0.3 is 0 Å². The van der Waals surface area contributed by atoms with Gasteiger partial charge in [-0.05, 0) is 31.2 Å². The third kappa shape index (κ3) is 3.65. The minimum absolute atomic E-state index is 0.211. The van der Waals surface area contributed by atoms with Crippen LogP contribution in [0, 0.1) is 0 Å². The molecular formula is C14H21ClN2O2S. The minimum atomic E-state index is -2.85. The number of anilines is 1. The van der Waals surface area contributed by atoms with Gasteiger partial charge in [-0.2, -0.15) is 0 Å². The lowest BCUT2D eigenvalue weighted by atomic mass is 10.1. The molecule has 1 aromatic rings. The van der Waals surface area contributed by atoms with E-state index in [2.05, 4.69) is 24.1 Å². The number of rotatable bonds is 4. The number of hydrogen-bond acceptors (Lipinski definition) is 4. The second-order valence-electron chi connectivity index (χ2n) is 5.12. The van der Waals surface area contributed by atoms with Crippen LogP contribution in [0.4, 0.5) is 5.69 Å². The largest absolute Gasteiger partial charge is 0.369 e. The Balaban J connectivity index is 2.13. The van der Waals surface area contributed by atoms with Crippen molar-refractivity contribution in [3.05, 3.63) is 28.8 Å². The summed E-state index contributed by atoms with van der Waals surface area (Å²) < 4.78 is 22.9. The third-order valence-corrected chi connectivity index (χ3v) is 5.61. The molecule has 1 heterocycles. The summed E-state index contributed by atoms with van der Waals surface area (Å²) in [5.74, 6) is 0.445. The lowest BCUT2D eigenvalue weighted by Crippen LogP contribution is -2.40. The van der Waals surface area contributed by atoms with Gasteiger partial charge in [-0.25, -0.2) is 8.42 Å². The Morgan fingerprint density at radius 3 is 2.55 bits per heavy atom. The summed E-state index contributed by atoms with van der Waals surface area (Å²) in [5, 5.41) is 4.06. The van der Waals surface area contributed by atoms with E-state index in [0.717, 1.165) is 22.8 Å². The molecule has 1 aliphatic rings. The molecule has 0 bridgehead atoms. The molecule has 4 nitrogen and oxygen atoms in total.